The molecule has 1 aliphatic carbocycles. The molecule has 0 aromatic carbocycles. The van der Waals surface area contributed by atoms with E-state index < -0.39 is 35.2 Å². The molecule has 0 spiro atoms. The van der Waals surface area contributed by atoms with Crippen LogP contribution in [0.4, 0.5) is 4.79 Å². The minimum Gasteiger partial charge on any atom is -0.464 e. The van der Waals surface area contributed by atoms with Gasteiger partial charge in [-0.15, -0.1) is 0 Å². The number of ether oxygens (including phenoxy) is 2. The third-order valence-corrected chi connectivity index (χ3v) is 5.38. The van der Waals surface area contributed by atoms with E-state index in [9.17, 15) is 19.5 Å². The molecule has 25 heavy (non-hydrogen) atoms. The Morgan fingerprint density at radius 1 is 1.36 bits per heavy atom. The monoisotopic (exact) mass is 355 g/mol. The molecular formula is C18H29NO6. The normalized spacial score (nSPS) is 34.8. The van der Waals surface area contributed by atoms with Crippen molar-refractivity contribution in [3.63, 3.8) is 0 Å². The summed E-state index contributed by atoms with van der Waals surface area (Å²) >= 11 is 0. The van der Waals surface area contributed by atoms with Crippen molar-refractivity contribution < 1.29 is 29.0 Å². The maximum absolute atomic E-state index is 12.8. The second-order valence-electron chi connectivity index (χ2n) is 8.22. The van der Waals surface area contributed by atoms with Gasteiger partial charge in [-0.2, -0.15) is 0 Å². The van der Waals surface area contributed by atoms with Crippen LogP contribution in [0.2, 0.25) is 0 Å². The minimum atomic E-state index is -0.967. The number of likely N-dealkylation sites (tertiary alicyclic amines) is 1. The summed E-state index contributed by atoms with van der Waals surface area (Å²) in [5.74, 6) is -1.28. The van der Waals surface area contributed by atoms with Crippen LogP contribution in [0, 0.1) is 17.3 Å². The van der Waals surface area contributed by atoms with E-state index in [0.29, 0.717) is 0 Å². The van der Waals surface area contributed by atoms with E-state index in [1.54, 1.807) is 41.5 Å². The van der Waals surface area contributed by atoms with Crippen molar-refractivity contribution in [1.82, 2.24) is 4.90 Å². The van der Waals surface area contributed by atoms with Gasteiger partial charge in [-0.25, -0.2) is 9.59 Å². The highest BCUT2D eigenvalue weighted by Crippen LogP contribution is 2.54. The molecule has 2 rings (SSSR count). The first-order valence-corrected chi connectivity index (χ1v) is 8.80. The molecule has 0 radical (unpaired) electrons. The molecule has 7 heteroatoms. The van der Waals surface area contributed by atoms with Gasteiger partial charge in [0.2, 0.25) is 0 Å². The molecule has 2 fully saturated rings. The highest BCUT2D eigenvalue weighted by molar-refractivity contribution is 5.91. The Morgan fingerprint density at radius 3 is 2.44 bits per heavy atom. The highest BCUT2D eigenvalue weighted by Gasteiger charge is 2.65. The zero-order chi connectivity index (χ0) is 19.2. The fourth-order valence-corrected chi connectivity index (χ4v) is 4.37. The summed E-state index contributed by atoms with van der Waals surface area (Å²) in [6, 6.07) is -1.29. The van der Waals surface area contributed by atoms with Gasteiger partial charge in [0.1, 0.15) is 17.4 Å². The Bertz CT molecular complexity index is 568. The van der Waals surface area contributed by atoms with Gasteiger partial charge in [0.15, 0.2) is 0 Å². The number of amides is 1. The number of hydrogen-bond acceptors (Lipinski definition) is 6. The van der Waals surface area contributed by atoms with E-state index >= 15 is 0 Å². The Kier molecular flexibility index (Phi) is 5.19. The molecule has 2 aliphatic rings. The number of fused-ring (bicyclic) bond motifs is 1. The first-order chi connectivity index (χ1) is 11.5. The number of carbonyl (C=O) groups excluding carboxylic acids is 3. The fourth-order valence-electron chi connectivity index (χ4n) is 4.37. The van der Waals surface area contributed by atoms with E-state index in [2.05, 4.69) is 0 Å². The van der Waals surface area contributed by atoms with Crippen molar-refractivity contribution in [1.29, 1.82) is 0 Å². The van der Waals surface area contributed by atoms with E-state index in [1.807, 2.05) is 0 Å². The Morgan fingerprint density at radius 2 is 1.96 bits per heavy atom. The second-order valence-corrected chi connectivity index (χ2v) is 8.22. The zero-order valence-electron chi connectivity index (χ0n) is 15.9. The van der Waals surface area contributed by atoms with Gasteiger partial charge in [-0.1, -0.05) is 6.92 Å². The molecule has 0 aromatic rings. The average Bonchev–Trinajstić information content (AvgIpc) is 2.91. The van der Waals surface area contributed by atoms with Crippen LogP contribution in [-0.2, 0) is 19.1 Å². The topological polar surface area (TPSA) is 93.1 Å². The number of aliphatic hydroxyl groups is 1. The molecule has 1 N–H and O–H groups in total. The van der Waals surface area contributed by atoms with Crippen molar-refractivity contribution in [2.45, 2.75) is 65.6 Å². The summed E-state index contributed by atoms with van der Waals surface area (Å²) in [5, 5.41) is 9.83. The van der Waals surface area contributed by atoms with Crippen LogP contribution in [0.15, 0.2) is 0 Å². The molecule has 0 aromatic heterocycles. The van der Waals surface area contributed by atoms with Gasteiger partial charge in [0, 0.05) is 18.4 Å². The number of hydrogen-bond donors (Lipinski definition) is 1. The smallest absolute Gasteiger partial charge is 0.411 e. The number of carbonyl (C=O) groups is 3. The molecule has 1 aliphatic heterocycles. The molecular weight excluding hydrogens is 326 g/mol. The van der Waals surface area contributed by atoms with Crippen molar-refractivity contribution >= 4 is 17.8 Å². The van der Waals surface area contributed by atoms with E-state index in [0.717, 1.165) is 0 Å². The molecule has 0 bridgehead atoms. The molecule has 142 valence electrons. The van der Waals surface area contributed by atoms with Crippen LogP contribution in [0.25, 0.3) is 0 Å². The van der Waals surface area contributed by atoms with Crippen LogP contribution < -0.4 is 0 Å². The SMILES string of the molecule is CCOC(=O)[C@@H]1[C@H]2CC(=O)[C@](C)(CO)[C@H]2[C@@H](C)N1C(=O)OC(C)(C)C. The fraction of sp³-hybridized carbons (Fsp3) is 0.833. The quantitative estimate of drug-likeness (QED) is 0.776. The lowest BCUT2D eigenvalue weighted by atomic mass is 9.74. The summed E-state index contributed by atoms with van der Waals surface area (Å²) < 4.78 is 10.6. The van der Waals surface area contributed by atoms with Gasteiger partial charge in [0.05, 0.1) is 18.6 Å². The van der Waals surface area contributed by atoms with Crippen LogP contribution >= 0.6 is 0 Å². The molecule has 0 unspecified atom stereocenters. The second kappa shape index (κ2) is 6.59. The Hall–Kier alpha value is -1.63. The highest BCUT2D eigenvalue weighted by atomic mass is 16.6. The van der Waals surface area contributed by atoms with Crippen LogP contribution in [0.1, 0.15) is 48.0 Å². The molecule has 1 heterocycles. The first-order valence-electron chi connectivity index (χ1n) is 8.80. The lowest BCUT2D eigenvalue weighted by Gasteiger charge is -2.34. The van der Waals surface area contributed by atoms with Crippen molar-refractivity contribution in [2.75, 3.05) is 13.2 Å². The summed E-state index contributed by atoms with van der Waals surface area (Å²) in [5.41, 5.74) is -1.67. The minimum absolute atomic E-state index is 0.0741. The standard InChI is InChI=1S/C18H29NO6/c1-7-24-15(22)14-11-8-12(21)18(6,9-20)13(11)10(2)19(14)16(23)25-17(3,4)5/h10-11,13-14,20H,7-9H2,1-6H3/t10-,11+,13+,14+,18+/m1/s1. The third-order valence-electron chi connectivity index (χ3n) is 5.38. The number of aliphatic hydroxyl groups excluding tert-OH is 1. The van der Waals surface area contributed by atoms with Gasteiger partial charge < -0.3 is 14.6 Å². The number of nitrogens with zero attached hydrogens (tertiary/aromatic N) is 1. The molecule has 7 nitrogen and oxygen atoms in total. The van der Waals surface area contributed by atoms with E-state index in [4.69, 9.17) is 9.47 Å². The van der Waals surface area contributed by atoms with Crippen LogP contribution in [0.5, 0.6) is 0 Å². The van der Waals surface area contributed by atoms with Crippen molar-refractivity contribution in [3.8, 4) is 0 Å². The molecule has 5 atom stereocenters. The number of Topliss-reactive ketones (excluding diaryl/α,β-unsaturated/α-hetero) is 1. The van der Waals surface area contributed by atoms with E-state index in [-0.39, 0.29) is 37.3 Å². The largest absolute Gasteiger partial charge is 0.464 e. The molecule has 1 saturated carbocycles. The maximum Gasteiger partial charge on any atom is 0.411 e. The predicted molar refractivity (Wildman–Crippen MR) is 89.8 cm³/mol. The number of rotatable bonds is 3. The van der Waals surface area contributed by atoms with Gasteiger partial charge >= 0.3 is 12.1 Å². The average molecular weight is 355 g/mol. The number of ketones is 1. The van der Waals surface area contributed by atoms with Gasteiger partial charge in [-0.3, -0.25) is 9.69 Å². The molecule has 1 saturated heterocycles. The molecule has 1 amide bonds. The maximum atomic E-state index is 12.8. The Balaban J connectivity index is 2.42. The van der Waals surface area contributed by atoms with Crippen LogP contribution in [0.3, 0.4) is 0 Å². The summed E-state index contributed by atoms with van der Waals surface area (Å²) in [6.45, 7) is 10.4. The summed E-state index contributed by atoms with van der Waals surface area (Å²) in [7, 11) is 0. The van der Waals surface area contributed by atoms with Gasteiger partial charge in [-0.05, 0) is 40.5 Å². The lowest BCUT2D eigenvalue weighted by Crippen LogP contribution is -2.50. The Labute approximate surface area is 148 Å². The van der Waals surface area contributed by atoms with Crippen molar-refractivity contribution in [2.24, 2.45) is 17.3 Å². The van der Waals surface area contributed by atoms with Gasteiger partial charge in [0.25, 0.3) is 0 Å². The predicted octanol–water partition coefficient (Wildman–Crippen LogP) is 1.76. The van der Waals surface area contributed by atoms with E-state index in [1.165, 1.54) is 4.90 Å². The lowest BCUT2D eigenvalue weighted by molar-refractivity contribution is -0.150. The van der Waals surface area contributed by atoms with Crippen LogP contribution in [-0.4, -0.2) is 58.8 Å². The zero-order valence-corrected chi connectivity index (χ0v) is 15.9. The first kappa shape index (κ1) is 19.7. The third kappa shape index (κ3) is 3.26. The summed E-state index contributed by atoms with van der Waals surface area (Å²) in [4.78, 5) is 39.2. The number of esters is 1. The summed E-state index contributed by atoms with van der Waals surface area (Å²) in [6.07, 6.45) is -0.449. The van der Waals surface area contributed by atoms with Crippen molar-refractivity contribution in [3.05, 3.63) is 0 Å².